The Morgan fingerprint density at radius 1 is 1.05 bits per heavy atom. The topological polar surface area (TPSA) is 17.0 Å². The Balaban J connectivity index is 2.18. The Kier molecular flexibility index (Phi) is 5.02. The van der Waals surface area contributed by atoms with Crippen molar-refractivity contribution in [1.29, 1.82) is 0 Å². The highest BCUT2D eigenvalue weighted by Crippen LogP contribution is 2.21. The second-order valence-corrected chi connectivity index (χ2v) is 5.60. The van der Waals surface area contributed by atoms with E-state index in [0.717, 1.165) is 13.1 Å². The number of benzene rings is 1. The van der Waals surface area contributed by atoms with Gasteiger partial charge in [0.2, 0.25) is 0 Å². The van der Waals surface area contributed by atoms with Gasteiger partial charge in [0, 0.05) is 23.6 Å². The van der Waals surface area contributed by atoms with Crippen molar-refractivity contribution in [3.63, 3.8) is 0 Å². The Morgan fingerprint density at radius 2 is 1.75 bits per heavy atom. The van der Waals surface area contributed by atoms with Crippen LogP contribution in [0.1, 0.15) is 42.3 Å². The second kappa shape index (κ2) is 6.76. The van der Waals surface area contributed by atoms with Gasteiger partial charge in [0.25, 0.3) is 0 Å². The fraction of sp³-hybridized carbons (Fsp3) is 0.444. The standard InChI is InChI=1S/C18H26N2/c1-5-6-11-19-13-17-12-15(3)20(16(17)4)18-9-7-14(2)8-10-18/h7-10,12,19H,5-6,11,13H2,1-4H3. The predicted octanol–water partition coefficient (Wildman–Crippen LogP) is 4.29. The number of unbranched alkanes of at least 4 members (excludes halogenated alkanes) is 1. The van der Waals surface area contributed by atoms with E-state index in [2.05, 4.69) is 67.9 Å². The minimum absolute atomic E-state index is 0.964. The van der Waals surface area contributed by atoms with E-state index < -0.39 is 0 Å². The third-order valence-corrected chi connectivity index (χ3v) is 3.85. The molecule has 108 valence electrons. The zero-order valence-corrected chi connectivity index (χ0v) is 13.2. The maximum Gasteiger partial charge on any atom is 0.0455 e. The van der Waals surface area contributed by atoms with Gasteiger partial charge >= 0.3 is 0 Å². The molecule has 0 saturated heterocycles. The summed E-state index contributed by atoms with van der Waals surface area (Å²) in [6.07, 6.45) is 2.49. The van der Waals surface area contributed by atoms with Gasteiger partial charge in [-0.05, 0) is 57.5 Å². The Bertz CT molecular complexity index is 550. The quantitative estimate of drug-likeness (QED) is 0.775. The first-order valence-electron chi connectivity index (χ1n) is 7.59. The number of aryl methyl sites for hydroxylation is 2. The van der Waals surface area contributed by atoms with Crippen molar-refractivity contribution >= 4 is 0 Å². The molecule has 0 aliphatic carbocycles. The molecule has 2 heteroatoms. The molecule has 0 fully saturated rings. The number of aromatic nitrogens is 1. The van der Waals surface area contributed by atoms with E-state index in [1.807, 2.05) is 0 Å². The molecule has 0 atom stereocenters. The summed E-state index contributed by atoms with van der Waals surface area (Å²) in [4.78, 5) is 0. The molecule has 0 unspecified atom stereocenters. The maximum atomic E-state index is 3.53. The van der Waals surface area contributed by atoms with Gasteiger partial charge in [-0.25, -0.2) is 0 Å². The molecule has 1 heterocycles. The number of hydrogen-bond donors (Lipinski definition) is 1. The van der Waals surface area contributed by atoms with Crippen molar-refractivity contribution < 1.29 is 0 Å². The summed E-state index contributed by atoms with van der Waals surface area (Å²) in [5.41, 5.74) is 6.61. The molecule has 2 rings (SSSR count). The molecule has 1 aromatic heterocycles. The zero-order chi connectivity index (χ0) is 14.5. The largest absolute Gasteiger partial charge is 0.318 e. The molecule has 2 nitrogen and oxygen atoms in total. The summed E-state index contributed by atoms with van der Waals surface area (Å²) < 4.78 is 2.34. The fourth-order valence-electron chi connectivity index (χ4n) is 2.62. The van der Waals surface area contributed by atoms with Gasteiger partial charge in [0.05, 0.1) is 0 Å². The van der Waals surface area contributed by atoms with Gasteiger partial charge in [-0.2, -0.15) is 0 Å². The Morgan fingerprint density at radius 3 is 2.40 bits per heavy atom. The summed E-state index contributed by atoms with van der Waals surface area (Å²) in [5.74, 6) is 0. The molecule has 0 spiro atoms. The monoisotopic (exact) mass is 270 g/mol. The van der Waals surface area contributed by atoms with E-state index in [1.165, 1.54) is 41.0 Å². The van der Waals surface area contributed by atoms with Crippen LogP contribution < -0.4 is 5.32 Å². The molecule has 1 N–H and O–H groups in total. The summed E-state index contributed by atoms with van der Waals surface area (Å²) in [5, 5.41) is 3.53. The number of nitrogens with one attached hydrogen (secondary N) is 1. The van der Waals surface area contributed by atoms with Crippen LogP contribution in [0.5, 0.6) is 0 Å². The first-order chi connectivity index (χ1) is 9.63. The Labute approximate surface area is 122 Å². The van der Waals surface area contributed by atoms with Crippen LogP contribution in [-0.2, 0) is 6.54 Å². The normalized spacial score (nSPS) is 11.0. The number of hydrogen-bond acceptors (Lipinski definition) is 1. The highest BCUT2D eigenvalue weighted by molar-refractivity contribution is 5.42. The lowest BCUT2D eigenvalue weighted by Gasteiger charge is -2.10. The fourth-order valence-corrected chi connectivity index (χ4v) is 2.62. The molecule has 0 amide bonds. The molecule has 0 bridgehead atoms. The minimum Gasteiger partial charge on any atom is -0.318 e. The number of rotatable bonds is 6. The molecule has 1 aromatic carbocycles. The van der Waals surface area contributed by atoms with E-state index in [9.17, 15) is 0 Å². The highest BCUT2D eigenvalue weighted by atomic mass is 15.0. The molecule has 20 heavy (non-hydrogen) atoms. The van der Waals surface area contributed by atoms with Gasteiger partial charge in [-0.1, -0.05) is 31.0 Å². The Hall–Kier alpha value is -1.54. The van der Waals surface area contributed by atoms with Crippen LogP contribution in [0.15, 0.2) is 30.3 Å². The van der Waals surface area contributed by atoms with Crippen LogP contribution in [-0.4, -0.2) is 11.1 Å². The first kappa shape index (κ1) is 14.9. The molecular weight excluding hydrogens is 244 g/mol. The first-order valence-corrected chi connectivity index (χ1v) is 7.59. The van der Waals surface area contributed by atoms with Crippen LogP contribution in [0.4, 0.5) is 0 Å². The summed E-state index contributed by atoms with van der Waals surface area (Å²) >= 11 is 0. The van der Waals surface area contributed by atoms with Crippen LogP contribution in [0, 0.1) is 20.8 Å². The SMILES string of the molecule is CCCCNCc1cc(C)n(-c2ccc(C)cc2)c1C. The van der Waals surface area contributed by atoms with Crippen LogP contribution >= 0.6 is 0 Å². The molecule has 0 aliphatic heterocycles. The van der Waals surface area contributed by atoms with Crippen molar-refractivity contribution in [1.82, 2.24) is 9.88 Å². The highest BCUT2D eigenvalue weighted by Gasteiger charge is 2.10. The van der Waals surface area contributed by atoms with Gasteiger partial charge in [0.1, 0.15) is 0 Å². The summed E-state index contributed by atoms with van der Waals surface area (Å²) in [7, 11) is 0. The van der Waals surface area contributed by atoms with Crippen LogP contribution in [0.3, 0.4) is 0 Å². The van der Waals surface area contributed by atoms with E-state index in [1.54, 1.807) is 0 Å². The van der Waals surface area contributed by atoms with Crippen molar-refractivity contribution in [2.75, 3.05) is 6.54 Å². The maximum absolute atomic E-state index is 3.53. The third-order valence-electron chi connectivity index (χ3n) is 3.85. The van der Waals surface area contributed by atoms with Crippen LogP contribution in [0.25, 0.3) is 5.69 Å². The summed E-state index contributed by atoms with van der Waals surface area (Å²) in [6, 6.07) is 11.0. The van der Waals surface area contributed by atoms with Crippen molar-refractivity contribution in [2.24, 2.45) is 0 Å². The van der Waals surface area contributed by atoms with Gasteiger partial charge in [-0.3, -0.25) is 0 Å². The molecule has 0 saturated carbocycles. The second-order valence-electron chi connectivity index (χ2n) is 5.60. The average molecular weight is 270 g/mol. The van der Waals surface area contributed by atoms with E-state index in [0.29, 0.717) is 0 Å². The van der Waals surface area contributed by atoms with E-state index >= 15 is 0 Å². The lowest BCUT2D eigenvalue weighted by atomic mass is 10.2. The van der Waals surface area contributed by atoms with Gasteiger partial charge in [0.15, 0.2) is 0 Å². The predicted molar refractivity (Wildman–Crippen MR) is 86.6 cm³/mol. The lowest BCUT2D eigenvalue weighted by Crippen LogP contribution is -2.14. The van der Waals surface area contributed by atoms with Crippen molar-refractivity contribution in [3.8, 4) is 5.69 Å². The van der Waals surface area contributed by atoms with E-state index in [4.69, 9.17) is 0 Å². The molecule has 0 aliphatic rings. The lowest BCUT2D eigenvalue weighted by molar-refractivity contribution is 0.639. The van der Waals surface area contributed by atoms with Crippen molar-refractivity contribution in [3.05, 3.63) is 52.8 Å². The van der Waals surface area contributed by atoms with E-state index in [-0.39, 0.29) is 0 Å². The molecule has 0 radical (unpaired) electrons. The number of nitrogens with zero attached hydrogens (tertiary/aromatic N) is 1. The summed E-state index contributed by atoms with van der Waals surface area (Å²) in [6.45, 7) is 10.8. The average Bonchev–Trinajstić information content (AvgIpc) is 2.71. The van der Waals surface area contributed by atoms with Crippen LogP contribution in [0.2, 0.25) is 0 Å². The molecular formula is C18H26N2. The smallest absolute Gasteiger partial charge is 0.0455 e. The van der Waals surface area contributed by atoms with Gasteiger partial charge < -0.3 is 9.88 Å². The third kappa shape index (κ3) is 3.31. The minimum atomic E-state index is 0.964. The van der Waals surface area contributed by atoms with Crippen molar-refractivity contribution in [2.45, 2.75) is 47.1 Å². The zero-order valence-electron chi connectivity index (χ0n) is 13.2. The van der Waals surface area contributed by atoms with Gasteiger partial charge in [-0.15, -0.1) is 0 Å². The molecule has 2 aromatic rings.